The SMILES string of the molecule is CCCNC[C@H]1CCCCN1C. The highest BCUT2D eigenvalue weighted by atomic mass is 15.2. The van der Waals surface area contributed by atoms with Gasteiger partial charge in [0.1, 0.15) is 0 Å². The molecule has 72 valence electrons. The minimum Gasteiger partial charge on any atom is -0.315 e. The highest BCUT2D eigenvalue weighted by molar-refractivity contribution is 4.75. The Morgan fingerprint density at radius 3 is 2.92 bits per heavy atom. The van der Waals surface area contributed by atoms with Crippen molar-refractivity contribution in [1.29, 1.82) is 0 Å². The van der Waals surface area contributed by atoms with E-state index in [9.17, 15) is 0 Å². The Labute approximate surface area is 76.3 Å². The number of piperidine rings is 1. The molecule has 0 aromatic rings. The summed E-state index contributed by atoms with van der Waals surface area (Å²) in [5.41, 5.74) is 0. The molecule has 0 unspecified atom stereocenters. The van der Waals surface area contributed by atoms with Crippen molar-refractivity contribution in [2.75, 3.05) is 26.7 Å². The zero-order chi connectivity index (χ0) is 8.81. The molecule has 1 atom stereocenters. The van der Waals surface area contributed by atoms with Crippen molar-refractivity contribution >= 4 is 0 Å². The maximum Gasteiger partial charge on any atom is 0.0217 e. The minimum absolute atomic E-state index is 0.797. The zero-order valence-electron chi connectivity index (χ0n) is 8.47. The van der Waals surface area contributed by atoms with Gasteiger partial charge < -0.3 is 10.2 Å². The molecule has 1 aliphatic rings. The van der Waals surface area contributed by atoms with E-state index in [1.54, 1.807) is 0 Å². The standard InChI is InChI=1S/C10H22N2/c1-3-7-11-9-10-6-4-5-8-12(10)2/h10-11H,3-9H2,1-2H3/t10-/m1/s1. The van der Waals surface area contributed by atoms with Crippen LogP contribution in [0.3, 0.4) is 0 Å². The molecule has 1 fully saturated rings. The second kappa shape index (κ2) is 5.55. The van der Waals surface area contributed by atoms with Gasteiger partial charge in [0.25, 0.3) is 0 Å². The summed E-state index contributed by atoms with van der Waals surface area (Å²) in [5, 5.41) is 3.49. The van der Waals surface area contributed by atoms with Gasteiger partial charge in [0, 0.05) is 12.6 Å². The average molecular weight is 170 g/mol. The molecule has 1 N–H and O–H groups in total. The first-order valence-electron chi connectivity index (χ1n) is 5.25. The lowest BCUT2D eigenvalue weighted by Crippen LogP contribution is -2.43. The topological polar surface area (TPSA) is 15.3 Å². The number of rotatable bonds is 4. The highest BCUT2D eigenvalue weighted by Crippen LogP contribution is 2.13. The van der Waals surface area contributed by atoms with E-state index in [-0.39, 0.29) is 0 Å². The zero-order valence-corrected chi connectivity index (χ0v) is 8.47. The molecule has 0 aliphatic carbocycles. The van der Waals surface area contributed by atoms with Gasteiger partial charge in [0.15, 0.2) is 0 Å². The number of nitrogens with one attached hydrogen (secondary N) is 1. The summed E-state index contributed by atoms with van der Waals surface area (Å²) in [5.74, 6) is 0. The fourth-order valence-corrected chi connectivity index (χ4v) is 1.85. The van der Waals surface area contributed by atoms with E-state index in [1.165, 1.54) is 45.3 Å². The second-order valence-electron chi connectivity index (χ2n) is 3.83. The molecule has 1 saturated heterocycles. The highest BCUT2D eigenvalue weighted by Gasteiger charge is 2.17. The second-order valence-corrected chi connectivity index (χ2v) is 3.83. The van der Waals surface area contributed by atoms with E-state index in [2.05, 4.69) is 24.2 Å². The van der Waals surface area contributed by atoms with Gasteiger partial charge >= 0.3 is 0 Å². The molecule has 1 heterocycles. The van der Waals surface area contributed by atoms with Crippen LogP contribution in [0.4, 0.5) is 0 Å². The van der Waals surface area contributed by atoms with Crippen LogP contribution in [0.25, 0.3) is 0 Å². The van der Waals surface area contributed by atoms with Gasteiger partial charge in [-0.05, 0) is 39.4 Å². The maximum atomic E-state index is 3.49. The monoisotopic (exact) mass is 170 g/mol. The molecular weight excluding hydrogens is 148 g/mol. The van der Waals surface area contributed by atoms with Crippen molar-refractivity contribution in [3.8, 4) is 0 Å². The lowest BCUT2D eigenvalue weighted by molar-refractivity contribution is 0.182. The van der Waals surface area contributed by atoms with Crippen LogP contribution in [-0.2, 0) is 0 Å². The largest absolute Gasteiger partial charge is 0.315 e. The predicted octanol–water partition coefficient (Wildman–Crippen LogP) is 1.47. The summed E-state index contributed by atoms with van der Waals surface area (Å²) in [7, 11) is 2.25. The van der Waals surface area contributed by atoms with Crippen LogP contribution in [-0.4, -0.2) is 37.6 Å². The van der Waals surface area contributed by atoms with Crippen molar-refractivity contribution in [2.45, 2.75) is 38.6 Å². The molecule has 0 amide bonds. The van der Waals surface area contributed by atoms with E-state index in [0.29, 0.717) is 0 Å². The molecule has 0 saturated carbocycles. The quantitative estimate of drug-likeness (QED) is 0.643. The Balaban J connectivity index is 2.11. The van der Waals surface area contributed by atoms with Crippen LogP contribution in [0, 0.1) is 0 Å². The first-order valence-corrected chi connectivity index (χ1v) is 5.25. The van der Waals surface area contributed by atoms with Crippen molar-refractivity contribution in [2.24, 2.45) is 0 Å². The summed E-state index contributed by atoms with van der Waals surface area (Å²) in [6, 6.07) is 0.797. The van der Waals surface area contributed by atoms with Crippen molar-refractivity contribution < 1.29 is 0 Å². The molecule has 0 aromatic heterocycles. The molecule has 12 heavy (non-hydrogen) atoms. The Hall–Kier alpha value is -0.0800. The van der Waals surface area contributed by atoms with Gasteiger partial charge in [0.2, 0.25) is 0 Å². The first-order chi connectivity index (χ1) is 5.84. The molecule has 0 radical (unpaired) electrons. The fourth-order valence-electron chi connectivity index (χ4n) is 1.85. The lowest BCUT2D eigenvalue weighted by Gasteiger charge is -2.32. The summed E-state index contributed by atoms with van der Waals surface area (Å²) in [6.45, 7) is 5.87. The summed E-state index contributed by atoms with van der Waals surface area (Å²) in [4.78, 5) is 2.49. The predicted molar refractivity (Wildman–Crippen MR) is 53.4 cm³/mol. The molecule has 2 nitrogen and oxygen atoms in total. The van der Waals surface area contributed by atoms with Gasteiger partial charge in [-0.3, -0.25) is 0 Å². The number of hydrogen-bond acceptors (Lipinski definition) is 2. The van der Waals surface area contributed by atoms with Gasteiger partial charge in [-0.1, -0.05) is 13.3 Å². The fraction of sp³-hybridized carbons (Fsp3) is 1.00. The maximum absolute atomic E-state index is 3.49. The summed E-state index contributed by atoms with van der Waals surface area (Å²) >= 11 is 0. The molecule has 1 rings (SSSR count). The summed E-state index contributed by atoms with van der Waals surface area (Å²) < 4.78 is 0. The van der Waals surface area contributed by atoms with Gasteiger partial charge in [-0.25, -0.2) is 0 Å². The van der Waals surface area contributed by atoms with Crippen LogP contribution in [0.1, 0.15) is 32.6 Å². The Kier molecular flexibility index (Phi) is 4.62. The first kappa shape index (κ1) is 10.0. The van der Waals surface area contributed by atoms with Gasteiger partial charge in [-0.2, -0.15) is 0 Å². The third-order valence-electron chi connectivity index (χ3n) is 2.73. The molecule has 0 spiro atoms. The molecule has 1 aliphatic heterocycles. The smallest absolute Gasteiger partial charge is 0.0217 e. The van der Waals surface area contributed by atoms with Gasteiger partial charge in [-0.15, -0.1) is 0 Å². The van der Waals surface area contributed by atoms with E-state index < -0.39 is 0 Å². The lowest BCUT2D eigenvalue weighted by atomic mass is 10.0. The number of hydrogen-bond donors (Lipinski definition) is 1. The molecule has 0 bridgehead atoms. The van der Waals surface area contributed by atoms with Crippen LogP contribution in [0.5, 0.6) is 0 Å². The molecule has 0 aromatic carbocycles. The average Bonchev–Trinajstić information content (AvgIpc) is 2.09. The third kappa shape index (κ3) is 3.11. The third-order valence-corrected chi connectivity index (χ3v) is 2.73. The van der Waals surface area contributed by atoms with E-state index in [4.69, 9.17) is 0 Å². The van der Waals surface area contributed by atoms with Crippen LogP contribution in [0.2, 0.25) is 0 Å². The Morgan fingerprint density at radius 2 is 2.25 bits per heavy atom. The number of likely N-dealkylation sites (tertiary alicyclic amines) is 1. The van der Waals surface area contributed by atoms with Gasteiger partial charge in [0.05, 0.1) is 0 Å². The van der Waals surface area contributed by atoms with Crippen LogP contribution < -0.4 is 5.32 Å². The van der Waals surface area contributed by atoms with E-state index in [1.807, 2.05) is 0 Å². The van der Waals surface area contributed by atoms with E-state index >= 15 is 0 Å². The molecule has 2 heteroatoms. The van der Waals surface area contributed by atoms with Crippen molar-refractivity contribution in [1.82, 2.24) is 10.2 Å². The van der Waals surface area contributed by atoms with Crippen molar-refractivity contribution in [3.63, 3.8) is 0 Å². The normalized spacial score (nSPS) is 26.0. The van der Waals surface area contributed by atoms with Crippen LogP contribution >= 0.6 is 0 Å². The van der Waals surface area contributed by atoms with Crippen molar-refractivity contribution in [3.05, 3.63) is 0 Å². The summed E-state index contributed by atoms with van der Waals surface area (Å²) in [6.07, 6.45) is 5.44. The molecular formula is C10H22N2. The van der Waals surface area contributed by atoms with E-state index in [0.717, 1.165) is 6.04 Å². The number of nitrogens with zero attached hydrogens (tertiary/aromatic N) is 1. The minimum atomic E-state index is 0.797. The Morgan fingerprint density at radius 1 is 1.42 bits per heavy atom. The van der Waals surface area contributed by atoms with Crippen LogP contribution in [0.15, 0.2) is 0 Å². The number of likely N-dealkylation sites (N-methyl/N-ethyl adjacent to an activating group) is 1. The Bertz CT molecular complexity index is 114.